The average molecular weight is 327 g/mol. The fraction of sp³-hybridized carbons (Fsp3) is 0.176. The quantitative estimate of drug-likeness (QED) is 0.777. The lowest BCUT2D eigenvalue weighted by Gasteiger charge is -2.11. The second-order valence-electron chi connectivity index (χ2n) is 4.97. The normalized spacial score (nSPS) is 12.1. The van der Waals surface area contributed by atoms with Crippen LogP contribution in [0.5, 0.6) is 11.6 Å². The topological polar surface area (TPSA) is 68.1 Å². The molecular weight excluding hydrogens is 310 g/mol. The summed E-state index contributed by atoms with van der Waals surface area (Å²) in [6.45, 7) is 0.439. The first-order chi connectivity index (χ1) is 11.2. The highest BCUT2D eigenvalue weighted by Gasteiger charge is 2.09. The van der Waals surface area contributed by atoms with E-state index in [4.69, 9.17) is 14.3 Å². The summed E-state index contributed by atoms with van der Waals surface area (Å²) in [4.78, 5) is 9.48. The molecule has 0 bridgehead atoms. The number of ether oxygens (including phenoxy) is 2. The maximum atomic E-state index is 7.82. The van der Waals surface area contributed by atoms with E-state index in [9.17, 15) is 0 Å². The van der Waals surface area contributed by atoms with E-state index in [0.29, 0.717) is 18.0 Å². The van der Waals surface area contributed by atoms with Crippen molar-refractivity contribution in [2.24, 2.45) is 0 Å². The number of aromatic nitrogens is 2. The van der Waals surface area contributed by atoms with Crippen LogP contribution in [0.3, 0.4) is 0 Å². The molecule has 1 N–H and O–H groups in total. The van der Waals surface area contributed by atoms with Crippen molar-refractivity contribution in [1.29, 1.82) is 4.78 Å². The molecule has 3 rings (SSSR count). The summed E-state index contributed by atoms with van der Waals surface area (Å²) < 4.78 is 19.0. The highest BCUT2D eigenvalue weighted by molar-refractivity contribution is 7.85. The SMILES string of the molecule is COc1nccc2c(OCc3cccc(S(C)=N)c3)ccnc12. The van der Waals surface area contributed by atoms with E-state index < -0.39 is 10.7 Å². The van der Waals surface area contributed by atoms with Gasteiger partial charge in [0, 0.05) is 22.7 Å². The number of pyridine rings is 2. The van der Waals surface area contributed by atoms with Gasteiger partial charge in [-0.3, -0.25) is 9.76 Å². The van der Waals surface area contributed by atoms with Crippen LogP contribution in [0, 0.1) is 4.78 Å². The first kappa shape index (κ1) is 15.4. The molecule has 0 aliphatic rings. The van der Waals surface area contributed by atoms with Crippen molar-refractivity contribution in [3.8, 4) is 11.6 Å². The maximum absolute atomic E-state index is 7.82. The molecule has 1 aromatic carbocycles. The van der Waals surface area contributed by atoms with Crippen LogP contribution < -0.4 is 9.47 Å². The molecule has 0 aliphatic carbocycles. The monoisotopic (exact) mass is 327 g/mol. The van der Waals surface area contributed by atoms with Crippen molar-refractivity contribution in [3.63, 3.8) is 0 Å². The number of nitrogens with one attached hydrogen (secondary N) is 1. The van der Waals surface area contributed by atoms with Crippen molar-refractivity contribution in [2.75, 3.05) is 13.4 Å². The number of methoxy groups -OCH3 is 1. The summed E-state index contributed by atoms with van der Waals surface area (Å²) in [5, 5.41) is 0.867. The number of nitrogens with zero attached hydrogens (tertiary/aromatic N) is 2. The number of rotatable bonds is 5. The number of benzene rings is 1. The van der Waals surface area contributed by atoms with Crippen molar-refractivity contribution in [3.05, 3.63) is 54.4 Å². The van der Waals surface area contributed by atoms with E-state index in [2.05, 4.69) is 9.97 Å². The minimum Gasteiger partial charge on any atom is -0.488 e. The Balaban J connectivity index is 1.88. The van der Waals surface area contributed by atoms with Gasteiger partial charge in [-0.25, -0.2) is 4.98 Å². The molecule has 2 aromatic heterocycles. The first-order valence-corrected chi connectivity index (χ1v) is 8.69. The molecule has 0 spiro atoms. The maximum Gasteiger partial charge on any atom is 0.240 e. The third-order valence-corrected chi connectivity index (χ3v) is 4.39. The van der Waals surface area contributed by atoms with Gasteiger partial charge in [0.05, 0.1) is 7.11 Å². The summed E-state index contributed by atoms with van der Waals surface area (Å²) in [6, 6.07) is 11.6. The highest BCUT2D eigenvalue weighted by Crippen LogP contribution is 2.28. The van der Waals surface area contributed by atoms with Crippen LogP contribution in [0.2, 0.25) is 0 Å². The molecule has 0 saturated heterocycles. The molecule has 0 fully saturated rings. The van der Waals surface area contributed by atoms with Crippen molar-refractivity contribution >= 4 is 21.6 Å². The Labute approximate surface area is 137 Å². The lowest BCUT2D eigenvalue weighted by Crippen LogP contribution is -1.99. The van der Waals surface area contributed by atoms with Gasteiger partial charge < -0.3 is 9.47 Å². The number of hydrogen-bond donors (Lipinski definition) is 1. The van der Waals surface area contributed by atoms with E-state index in [0.717, 1.165) is 21.6 Å². The fourth-order valence-electron chi connectivity index (χ4n) is 2.29. The van der Waals surface area contributed by atoms with Gasteiger partial charge in [-0.1, -0.05) is 22.8 Å². The predicted molar refractivity (Wildman–Crippen MR) is 91.1 cm³/mol. The molecule has 2 heterocycles. The van der Waals surface area contributed by atoms with Gasteiger partial charge in [-0.2, -0.15) is 0 Å². The Hall–Kier alpha value is -2.47. The third kappa shape index (κ3) is 3.32. The van der Waals surface area contributed by atoms with Gasteiger partial charge in [0.25, 0.3) is 0 Å². The van der Waals surface area contributed by atoms with Gasteiger partial charge in [0.1, 0.15) is 17.9 Å². The zero-order valence-electron chi connectivity index (χ0n) is 12.9. The molecule has 118 valence electrons. The second kappa shape index (κ2) is 6.75. The van der Waals surface area contributed by atoms with Crippen LogP contribution in [0.1, 0.15) is 5.56 Å². The average Bonchev–Trinajstić information content (AvgIpc) is 2.59. The second-order valence-corrected chi connectivity index (χ2v) is 6.46. The molecule has 1 atom stereocenters. The van der Waals surface area contributed by atoms with E-state index in [1.807, 2.05) is 42.7 Å². The predicted octanol–water partition coefficient (Wildman–Crippen LogP) is 3.59. The fourth-order valence-corrected chi connectivity index (χ4v) is 2.90. The van der Waals surface area contributed by atoms with Crippen LogP contribution >= 0.6 is 0 Å². The Morgan fingerprint density at radius 2 is 1.96 bits per heavy atom. The van der Waals surface area contributed by atoms with Gasteiger partial charge in [0.2, 0.25) is 5.88 Å². The van der Waals surface area contributed by atoms with E-state index in [1.54, 1.807) is 19.5 Å². The molecule has 0 amide bonds. The Kier molecular flexibility index (Phi) is 4.52. The molecule has 3 aromatic rings. The zero-order valence-corrected chi connectivity index (χ0v) is 13.8. The Morgan fingerprint density at radius 3 is 2.74 bits per heavy atom. The number of fused-ring (bicyclic) bond motifs is 1. The molecule has 0 saturated carbocycles. The van der Waals surface area contributed by atoms with Crippen molar-refractivity contribution < 1.29 is 9.47 Å². The van der Waals surface area contributed by atoms with Crippen LogP contribution in [0.15, 0.2) is 53.7 Å². The van der Waals surface area contributed by atoms with E-state index in [-0.39, 0.29) is 0 Å². The molecule has 5 nitrogen and oxygen atoms in total. The summed E-state index contributed by atoms with van der Waals surface area (Å²) in [5.41, 5.74) is 1.72. The van der Waals surface area contributed by atoms with Gasteiger partial charge in [-0.15, -0.1) is 0 Å². The molecule has 6 heteroatoms. The highest BCUT2D eigenvalue weighted by atomic mass is 32.2. The van der Waals surface area contributed by atoms with Crippen molar-refractivity contribution in [1.82, 2.24) is 9.97 Å². The molecule has 0 radical (unpaired) electrons. The number of hydrogen-bond acceptors (Lipinski definition) is 5. The third-order valence-electron chi connectivity index (χ3n) is 3.43. The van der Waals surface area contributed by atoms with Crippen LogP contribution in [0.25, 0.3) is 10.9 Å². The Bertz CT molecular complexity index is 867. The summed E-state index contributed by atoms with van der Waals surface area (Å²) >= 11 is 0. The van der Waals surface area contributed by atoms with Crippen molar-refractivity contribution in [2.45, 2.75) is 11.5 Å². The minimum absolute atomic E-state index is 0.439. The molecule has 23 heavy (non-hydrogen) atoms. The van der Waals surface area contributed by atoms with Gasteiger partial charge in [0.15, 0.2) is 0 Å². The minimum atomic E-state index is -0.504. The standard InChI is InChI=1S/C17H17N3O2S/c1-21-17-16-14(6-8-20-17)15(7-9-19-16)22-11-12-4-3-5-13(10-12)23(2)18/h3-10,18H,11H2,1-2H3. The molecule has 1 unspecified atom stereocenters. The Morgan fingerprint density at radius 1 is 1.13 bits per heavy atom. The summed E-state index contributed by atoms with van der Waals surface area (Å²) in [7, 11) is 1.07. The van der Waals surface area contributed by atoms with Gasteiger partial charge >= 0.3 is 0 Å². The summed E-state index contributed by atoms with van der Waals surface area (Å²) in [5.74, 6) is 1.22. The lowest BCUT2D eigenvalue weighted by molar-refractivity contribution is 0.309. The van der Waals surface area contributed by atoms with Gasteiger partial charge in [-0.05, 0) is 36.1 Å². The molecule has 0 aliphatic heterocycles. The first-order valence-electron chi connectivity index (χ1n) is 7.05. The zero-order chi connectivity index (χ0) is 16.2. The lowest BCUT2D eigenvalue weighted by atomic mass is 10.2. The summed E-state index contributed by atoms with van der Waals surface area (Å²) in [6.07, 6.45) is 5.25. The molecular formula is C17H17N3O2S. The largest absolute Gasteiger partial charge is 0.488 e. The smallest absolute Gasteiger partial charge is 0.240 e. The van der Waals surface area contributed by atoms with E-state index >= 15 is 0 Å². The van der Waals surface area contributed by atoms with Crippen LogP contribution in [-0.2, 0) is 17.3 Å². The van der Waals surface area contributed by atoms with E-state index in [1.165, 1.54) is 0 Å². The van der Waals surface area contributed by atoms with Crippen LogP contribution in [-0.4, -0.2) is 23.3 Å². The van der Waals surface area contributed by atoms with Crippen LogP contribution in [0.4, 0.5) is 0 Å².